The molecule has 2 rings (SSSR count). The van der Waals surface area contributed by atoms with Gasteiger partial charge in [0.15, 0.2) is 0 Å². The Hall–Kier alpha value is -1.35. The molecule has 1 fully saturated rings. The second kappa shape index (κ2) is 5.12. The van der Waals surface area contributed by atoms with Crippen molar-refractivity contribution in [2.75, 3.05) is 0 Å². The Kier molecular flexibility index (Phi) is 3.57. The lowest BCUT2D eigenvalue weighted by molar-refractivity contribution is -0.150. The Bertz CT molecular complexity index is 344. The summed E-state index contributed by atoms with van der Waals surface area (Å²) in [5.41, 5.74) is 6.65. The number of carbonyl (C=O) groups excluding carboxylic acids is 1. The molecule has 1 atom stereocenters. The highest BCUT2D eigenvalue weighted by Crippen LogP contribution is 2.23. The average molecular weight is 219 g/mol. The monoisotopic (exact) mass is 219 g/mol. The number of ether oxygens (including phenoxy) is 1. The minimum absolute atomic E-state index is 0.0854. The van der Waals surface area contributed by atoms with Crippen LogP contribution in [0.1, 0.15) is 37.3 Å². The molecule has 0 bridgehead atoms. The van der Waals surface area contributed by atoms with Gasteiger partial charge in [-0.2, -0.15) is 0 Å². The van der Waals surface area contributed by atoms with Crippen molar-refractivity contribution in [1.29, 1.82) is 0 Å². The van der Waals surface area contributed by atoms with Crippen LogP contribution in [0.3, 0.4) is 0 Å². The lowest BCUT2D eigenvalue weighted by atomic mass is 10.1. The van der Waals surface area contributed by atoms with Crippen molar-refractivity contribution >= 4 is 5.97 Å². The van der Waals surface area contributed by atoms with Gasteiger partial charge in [-0.25, -0.2) is 4.79 Å². The van der Waals surface area contributed by atoms with E-state index in [0.29, 0.717) is 0 Å². The topological polar surface area (TPSA) is 52.3 Å². The molecule has 0 spiro atoms. The van der Waals surface area contributed by atoms with E-state index >= 15 is 0 Å². The molecule has 0 amide bonds. The molecule has 1 aliphatic rings. The van der Waals surface area contributed by atoms with Crippen LogP contribution in [0.4, 0.5) is 0 Å². The maximum Gasteiger partial charge on any atom is 0.327 e. The summed E-state index contributed by atoms with van der Waals surface area (Å²) in [7, 11) is 0. The molecule has 1 aromatic carbocycles. The van der Waals surface area contributed by atoms with Crippen LogP contribution in [-0.4, -0.2) is 12.1 Å². The molecule has 2 N–H and O–H groups in total. The van der Waals surface area contributed by atoms with Crippen LogP contribution in [0.25, 0.3) is 0 Å². The van der Waals surface area contributed by atoms with Gasteiger partial charge in [0.25, 0.3) is 0 Å². The first kappa shape index (κ1) is 11.1. The Morgan fingerprint density at radius 2 is 1.88 bits per heavy atom. The van der Waals surface area contributed by atoms with Gasteiger partial charge in [0.2, 0.25) is 0 Å². The van der Waals surface area contributed by atoms with E-state index in [4.69, 9.17) is 10.5 Å². The number of carbonyl (C=O) groups is 1. The predicted molar refractivity (Wildman–Crippen MR) is 61.7 cm³/mol. The third kappa shape index (κ3) is 2.61. The zero-order valence-corrected chi connectivity index (χ0v) is 9.26. The molecule has 0 saturated heterocycles. The SMILES string of the molecule is N[C@H](C(=O)OC1CCCC1)c1ccccc1. The summed E-state index contributed by atoms with van der Waals surface area (Å²) in [5, 5.41) is 0. The Morgan fingerprint density at radius 1 is 1.25 bits per heavy atom. The Labute approximate surface area is 95.6 Å². The number of hydrogen-bond acceptors (Lipinski definition) is 3. The third-order valence-corrected chi connectivity index (χ3v) is 3.00. The van der Waals surface area contributed by atoms with Crippen LogP contribution in [-0.2, 0) is 9.53 Å². The normalized spacial score (nSPS) is 18.3. The summed E-state index contributed by atoms with van der Waals surface area (Å²) < 4.78 is 5.36. The van der Waals surface area contributed by atoms with Crippen molar-refractivity contribution in [2.24, 2.45) is 5.73 Å². The third-order valence-electron chi connectivity index (χ3n) is 3.00. The van der Waals surface area contributed by atoms with Gasteiger partial charge in [-0.15, -0.1) is 0 Å². The van der Waals surface area contributed by atoms with Gasteiger partial charge in [-0.3, -0.25) is 0 Å². The van der Waals surface area contributed by atoms with Crippen molar-refractivity contribution < 1.29 is 9.53 Å². The minimum atomic E-state index is -0.651. The van der Waals surface area contributed by atoms with Crippen LogP contribution in [0.2, 0.25) is 0 Å². The van der Waals surface area contributed by atoms with E-state index in [9.17, 15) is 4.79 Å². The zero-order valence-electron chi connectivity index (χ0n) is 9.26. The van der Waals surface area contributed by atoms with Crippen molar-refractivity contribution in [3.05, 3.63) is 35.9 Å². The van der Waals surface area contributed by atoms with Crippen molar-refractivity contribution in [3.8, 4) is 0 Å². The second-order valence-electron chi connectivity index (χ2n) is 4.23. The Balaban J connectivity index is 1.94. The molecular weight excluding hydrogens is 202 g/mol. The van der Waals surface area contributed by atoms with Gasteiger partial charge in [0.1, 0.15) is 12.1 Å². The first-order valence-electron chi connectivity index (χ1n) is 5.78. The molecule has 0 heterocycles. The molecule has 3 heteroatoms. The van der Waals surface area contributed by atoms with E-state index in [2.05, 4.69) is 0 Å². The van der Waals surface area contributed by atoms with Crippen molar-refractivity contribution in [3.63, 3.8) is 0 Å². The van der Waals surface area contributed by atoms with Crippen LogP contribution in [0, 0.1) is 0 Å². The molecule has 1 aliphatic carbocycles. The average Bonchev–Trinajstić information content (AvgIpc) is 2.82. The van der Waals surface area contributed by atoms with E-state index in [0.717, 1.165) is 31.2 Å². The van der Waals surface area contributed by atoms with Gasteiger partial charge in [0.05, 0.1) is 0 Å². The first-order valence-corrected chi connectivity index (χ1v) is 5.78. The summed E-state index contributed by atoms with van der Waals surface area (Å²) in [6, 6.07) is 8.69. The summed E-state index contributed by atoms with van der Waals surface area (Å²) in [5.74, 6) is -0.307. The minimum Gasteiger partial charge on any atom is -0.461 e. The highest BCUT2D eigenvalue weighted by Gasteiger charge is 2.23. The fourth-order valence-electron chi connectivity index (χ4n) is 2.04. The van der Waals surface area contributed by atoms with Crippen molar-refractivity contribution in [2.45, 2.75) is 37.8 Å². The maximum absolute atomic E-state index is 11.8. The van der Waals surface area contributed by atoms with Crippen LogP contribution < -0.4 is 5.73 Å². The van der Waals surface area contributed by atoms with Gasteiger partial charge < -0.3 is 10.5 Å². The van der Waals surface area contributed by atoms with E-state index in [1.165, 1.54) is 0 Å². The fourth-order valence-corrected chi connectivity index (χ4v) is 2.04. The fraction of sp³-hybridized carbons (Fsp3) is 0.462. The van der Waals surface area contributed by atoms with Gasteiger partial charge in [-0.1, -0.05) is 30.3 Å². The van der Waals surface area contributed by atoms with Gasteiger partial charge in [0, 0.05) is 0 Å². The second-order valence-corrected chi connectivity index (χ2v) is 4.23. The van der Waals surface area contributed by atoms with E-state index in [-0.39, 0.29) is 12.1 Å². The number of nitrogens with two attached hydrogens (primary N) is 1. The van der Waals surface area contributed by atoms with E-state index in [1.807, 2.05) is 30.3 Å². The summed E-state index contributed by atoms with van der Waals surface area (Å²) in [6.07, 6.45) is 4.35. The molecule has 0 aromatic heterocycles. The lowest BCUT2D eigenvalue weighted by Crippen LogP contribution is -2.27. The molecule has 16 heavy (non-hydrogen) atoms. The van der Waals surface area contributed by atoms with E-state index < -0.39 is 6.04 Å². The maximum atomic E-state index is 11.8. The molecule has 1 aromatic rings. The summed E-state index contributed by atoms with van der Waals surface area (Å²) >= 11 is 0. The quantitative estimate of drug-likeness (QED) is 0.793. The molecular formula is C13H17NO2. The van der Waals surface area contributed by atoms with E-state index in [1.54, 1.807) is 0 Å². The van der Waals surface area contributed by atoms with Crippen LogP contribution in [0.5, 0.6) is 0 Å². The standard InChI is InChI=1S/C13H17NO2/c14-12(10-6-2-1-3-7-10)13(15)16-11-8-4-5-9-11/h1-3,6-7,11-12H,4-5,8-9,14H2/t12-/m0/s1. The van der Waals surface area contributed by atoms with Crippen LogP contribution >= 0.6 is 0 Å². The number of benzene rings is 1. The first-order chi connectivity index (χ1) is 7.77. The predicted octanol–water partition coefficient (Wildman–Crippen LogP) is 2.17. The van der Waals surface area contributed by atoms with Crippen LogP contribution in [0.15, 0.2) is 30.3 Å². The molecule has 0 unspecified atom stereocenters. The summed E-state index contributed by atoms with van der Waals surface area (Å²) in [4.78, 5) is 11.8. The number of esters is 1. The molecule has 0 radical (unpaired) electrons. The lowest BCUT2D eigenvalue weighted by Gasteiger charge is -2.15. The van der Waals surface area contributed by atoms with Gasteiger partial charge >= 0.3 is 5.97 Å². The zero-order chi connectivity index (χ0) is 11.4. The smallest absolute Gasteiger partial charge is 0.327 e. The highest BCUT2D eigenvalue weighted by atomic mass is 16.5. The van der Waals surface area contributed by atoms with Gasteiger partial charge in [-0.05, 0) is 31.2 Å². The molecule has 86 valence electrons. The number of hydrogen-bond donors (Lipinski definition) is 1. The molecule has 0 aliphatic heterocycles. The summed E-state index contributed by atoms with van der Waals surface area (Å²) in [6.45, 7) is 0. The highest BCUT2D eigenvalue weighted by molar-refractivity contribution is 5.77. The Morgan fingerprint density at radius 3 is 2.50 bits per heavy atom. The molecule has 1 saturated carbocycles. The largest absolute Gasteiger partial charge is 0.461 e. The number of rotatable bonds is 3. The van der Waals surface area contributed by atoms with Crippen molar-refractivity contribution in [1.82, 2.24) is 0 Å². The molecule has 3 nitrogen and oxygen atoms in total.